The van der Waals surface area contributed by atoms with Crippen molar-refractivity contribution >= 4 is 23.2 Å². The van der Waals surface area contributed by atoms with Gasteiger partial charge in [-0.2, -0.15) is 0 Å². The van der Waals surface area contributed by atoms with Gasteiger partial charge in [-0.25, -0.2) is 0 Å². The van der Waals surface area contributed by atoms with Gasteiger partial charge in [0.1, 0.15) is 6.04 Å². The lowest BCUT2D eigenvalue weighted by Crippen LogP contribution is -2.33. The van der Waals surface area contributed by atoms with Crippen LogP contribution in [-0.2, 0) is 11.3 Å². The summed E-state index contributed by atoms with van der Waals surface area (Å²) in [5.74, 6) is -0.745. The Morgan fingerprint density at radius 3 is 2.70 bits per heavy atom. The van der Waals surface area contributed by atoms with E-state index in [2.05, 4.69) is 5.32 Å². The number of benzene rings is 1. The first-order valence-electron chi connectivity index (χ1n) is 6.03. The molecule has 6 heteroatoms. The van der Waals surface area contributed by atoms with Crippen molar-refractivity contribution in [3.63, 3.8) is 0 Å². The van der Waals surface area contributed by atoms with Crippen LogP contribution in [0.4, 0.5) is 0 Å². The van der Waals surface area contributed by atoms with E-state index in [1.54, 1.807) is 18.2 Å². The lowest BCUT2D eigenvalue weighted by molar-refractivity contribution is -0.122. The number of carbonyl (C=O) groups is 2. The van der Waals surface area contributed by atoms with Gasteiger partial charge in [0.15, 0.2) is 0 Å². The Bertz CT molecular complexity index is 611. The third-order valence-corrected chi connectivity index (χ3v) is 3.77. The summed E-state index contributed by atoms with van der Waals surface area (Å²) in [6.07, 6.45) is 0. The van der Waals surface area contributed by atoms with Gasteiger partial charge < -0.3 is 16.8 Å². The molecule has 1 unspecified atom stereocenters. The molecule has 0 radical (unpaired) electrons. The van der Waals surface area contributed by atoms with E-state index >= 15 is 0 Å². The van der Waals surface area contributed by atoms with Crippen LogP contribution in [0.15, 0.2) is 41.8 Å². The molecule has 0 bridgehead atoms. The lowest BCUT2D eigenvalue weighted by atomic mass is 10.1. The molecule has 1 aromatic heterocycles. The fourth-order valence-corrected chi connectivity index (χ4v) is 2.46. The van der Waals surface area contributed by atoms with E-state index in [0.29, 0.717) is 12.1 Å². The quantitative estimate of drug-likeness (QED) is 0.770. The van der Waals surface area contributed by atoms with Crippen molar-refractivity contribution in [2.24, 2.45) is 11.5 Å². The van der Waals surface area contributed by atoms with Gasteiger partial charge in [0.05, 0.1) is 0 Å². The summed E-state index contributed by atoms with van der Waals surface area (Å²) in [4.78, 5) is 23.8. The topological polar surface area (TPSA) is 98.2 Å². The molecule has 2 aromatic rings. The van der Waals surface area contributed by atoms with Gasteiger partial charge in [0.2, 0.25) is 11.8 Å². The maximum atomic E-state index is 11.9. The van der Waals surface area contributed by atoms with Gasteiger partial charge >= 0.3 is 0 Å². The number of nitrogens with one attached hydrogen (secondary N) is 1. The minimum Gasteiger partial charge on any atom is -0.366 e. The number of hydrogen-bond acceptors (Lipinski definition) is 4. The van der Waals surface area contributed by atoms with Gasteiger partial charge in [0, 0.05) is 17.0 Å². The molecule has 0 saturated heterocycles. The second-order valence-electron chi connectivity index (χ2n) is 4.28. The highest BCUT2D eigenvalue weighted by Gasteiger charge is 2.16. The van der Waals surface area contributed by atoms with Crippen molar-refractivity contribution in [1.82, 2.24) is 5.32 Å². The van der Waals surface area contributed by atoms with Crippen molar-refractivity contribution in [3.8, 4) is 0 Å². The minimum atomic E-state index is -0.672. The molecule has 0 saturated carbocycles. The summed E-state index contributed by atoms with van der Waals surface area (Å²) in [5, 5.41) is 4.62. The largest absolute Gasteiger partial charge is 0.366 e. The molecule has 0 aliphatic carbocycles. The zero-order valence-electron chi connectivity index (χ0n) is 10.7. The van der Waals surface area contributed by atoms with Crippen molar-refractivity contribution in [1.29, 1.82) is 0 Å². The predicted molar refractivity (Wildman–Crippen MR) is 78.1 cm³/mol. The number of rotatable bonds is 5. The maximum Gasteiger partial charge on any atom is 0.248 e. The van der Waals surface area contributed by atoms with Gasteiger partial charge in [-0.05, 0) is 29.1 Å². The third kappa shape index (κ3) is 3.43. The number of amides is 2. The van der Waals surface area contributed by atoms with Gasteiger partial charge in [-0.1, -0.05) is 18.2 Å². The summed E-state index contributed by atoms with van der Waals surface area (Å²) in [7, 11) is 0. The third-order valence-electron chi connectivity index (χ3n) is 2.81. The van der Waals surface area contributed by atoms with Crippen LogP contribution in [-0.4, -0.2) is 11.8 Å². The Hall–Kier alpha value is -2.18. The van der Waals surface area contributed by atoms with Gasteiger partial charge in [-0.3, -0.25) is 9.59 Å². The lowest BCUT2D eigenvalue weighted by Gasteiger charge is -2.11. The fourth-order valence-electron chi connectivity index (χ4n) is 1.73. The van der Waals surface area contributed by atoms with Crippen molar-refractivity contribution in [2.45, 2.75) is 12.6 Å². The van der Waals surface area contributed by atoms with E-state index in [9.17, 15) is 9.59 Å². The Balaban J connectivity index is 1.96. The molecule has 104 valence electrons. The molecule has 1 heterocycles. The molecule has 0 spiro atoms. The normalized spacial score (nSPS) is 11.8. The Kier molecular flexibility index (Phi) is 4.49. The molecule has 1 atom stereocenters. The Labute approximate surface area is 120 Å². The highest BCUT2D eigenvalue weighted by molar-refractivity contribution is 7.10. The summed E-state index contributed by atoms with van der Waals surface area (Å²) < 4.78 is 0. The summed E-state index contributed by atoms with van der Waals surface area (Å²) in [5.41, 5.74) is 12.3. The van der Waals surface area contributed by atoms with Crippen LogP contribution in [0.3, 0.4) is 0 Å². The van der Waals surface area contributed by atoms with Gasteiger partial charge in [0.25, 0.3) is 0 Å². The summed E-state index contributed by atoms with van der Waals surface area (Å²) in [6.45, 7) is 0.305. The summed E-state index contributed by atoms with van der Waals surface area (Å²) >= 11 is 1.44. The molecular formula is C14H15N3O2S. The standard InChI is InChI=1S/C14H15N3O2S/c15-12(11-5-2-6-20-11)14(19)17-8-9-3-1-4-10(7-9)13(16)18/h1-7,12H,8,15H2,(H2,16,18)(H,17,19). The number of thiophene rings is 1. The SMILES string of the molecule is NC(=O)c1cccc(CNC(=O)C(N)c2cccs2)c1. The van der Waals surface area contributed by atoms with E-state index in [-0.39, 0.29) is 5.91 Å². The zero-order chi connectivity index (χ0) is 14.5. The van der Waals surface area contributed by atoms with E-state index in [1.807, 2.05) is 23.6 Å². The molecule has 0 fully saturated rings. The Morgan fingerprint density at radius 2 is 2.05 bits per heavy atom. The van der Waals surface area contributed by atoms with Crippen LogP contribution in [0.2, 0.25) is 0 Å². The van der Waals surface area contributed by atoms with Crippen LogP contribution in [0.1, 0.15) is 26.8 Å². The van der Waals surface area contributed by atoms with Crippen molar-refractivity contribution in [3.05, 3.63) is 57.8 Å². The molecule has 2 amide bonds. The van der Waals surface area contributed by atoms with Crippen molar-refractivity contribution in [2.75, 3.05) is 0 Å². The minimum absolute atomic E-state index is 0.253. The molecule has 5 N–H and O–H groups in total. The molecule has 2 rings (SSSR count). The maximum absolute atomic E-state index is 11.9. The number of carbonyl (C=O) groups excluding carboxylic acids is 2. The monoisotopic (exact) mass is 289 g/mol. The van der Waals surface area contributed by atoms with Crippen LogP contribution in [0.5, 0.6) is 0 Å². The van der Waals surface area contributed by atoms with E-state index in [1.165, 1.54) is 11.3 Å². The second-order valence-corrected chi connectivity index (χ2v) is 5.25. The Morgan fingerprint density at radius 1 is 1.25 bits per heavy atom. The highest BCUT2D eigenvalue weighted by atomic mass is 32.1. The van der Waals surface area contributed by atoms with Crippen LogP contribution < -0.4 is 16.8 Å². The van der Waals surface area contributed by atoms with Crippen LogP contribution in [0.25, 0.3) is 0 Å². The van der Waals surface area contributed by atoms with Gasteiger partial charge in [-0.15, -0.1) is 11.3 Å². The second kappa shape index (κ2) is 6.31. The molecule has 5 nitrogen and oxygen atoms in total. The molecule has 0 aliphatic heterocycles. The molecule has 1 aromatic carbocycles. The van der Waals surface area contributed by atoms with E-state index in [4.69, 9.17) is 11.5 Å². The molecular weight excluding hydrogens is 274 g/mol. The predicted octanol–water partition coefficient (Wildman–Crippen LogP) is 1.16. The summed E-state index contributed by atoms with van der Waals surface area (Å²) in [6, 6.07) is 9.81. The van der Waals surface area contributed by atoms with E-state index < -0.39 is 11.9 Å². The average molecular weight is 289 g/mol. The number of nitrogens with two attached hydrogens (primary N) is 2. The fraction of sp³-hybridized carbons (Fsp3) is 0.143. The van der Waals surface area contributed by atoms with Crippen LogP contribution in [0, 0.1) is 0 Å². The smallest absolute Gasteiger partial charge is 0.248 e. The molecule has 0 aliphatic rings. The zero-order valence-corrected chi connectivity index (χ0v) is 11.5. The average Bonchev–Trinajstić information content (AvgIpc) is 2.98. The highest BCUT2D eigenvalue weighted by Crippen LogP contribution is 2.16. The van der Waals surface area contributed by atoms with E-state index in [0.717, 1.165) is 10.4 Å². The van der Waals surface area contributed by atoms with Crippen molar-refractivity contribution < 1.29 is 9.59 Å². The number of primary amides is 1. The first-order valence-corrected chi connectivity index (χ1v) is 6.91. The first-order chi connectivity index (χ1) is 9.58. The molecule has 20 heavy (non-hydrogen) atoms. The number of hydrogen-bond donors (Lipinski definition) is 3. The first kappa shape index (κ1) is 14.2. The van der Waals surface area contributed by atoms with Crippen LogP contribution >= 0.6 is 11.3 Å².